The largest absolute Gasteiger partial charge is 0.465 e. The van der Waals surface area contributed by atoms with Crippen LogP contribution in [0.25, 0.3) is 0 Å². The number of rotatable bonds is 3. The minimum absolute atomic E-state index is 0.156. The van der Waals surface area contributed by atoms with Crippen LogP contribution < -0.4 is 4.74 Å². The van der Waals surface area contributed by atoms with E-state index in [4.69, 9.17) is 16.9 Å². The van der Waals surface area contributed by atoms with E-state index in [-0.39, 0.29) is 10.6 Å². The summed E-state index contributed by atoms with van der Waals surface area (Å²) in [5.74, 6) is -1.53. The highest BCUT2D eigenvalue weighted by molar-refractivity contribution is 6.32. The number of carbonyl (C=O) groups is 1. The van der Waals surface area contributed by atoms with Gasteiger partial charge in [0.25, 0.3) is 0 Å². The van der Waals surface area contributed by atoms with Crippen LogP contribution in [0.2, 0.25) is 5.02 Å². The lowest BCUT2D eigenvalue weighted by molar-refractivity contribution is -0.0503. The van der Waals surface area contributed by atoms with Gasteiger partial charge in [0, 0.05) is 0 Å². The first-order chi connectivity index (χ1) is 8.01. The number of methoxy groups -OCH3 is 1. The highest BCUT2D eigenvalue weighted by Crippen LogP contribution is 2.33. The van der Waals surface area contributed by atoms with Gasteiger partial charge in [-0.1, -0.05) is 11.6 Å². The van der Waals surface area contributed by atoms with Gasteiger partial charge < -0.3 is 9.47 Å². The molecule has 0 aromatic heterocycles. The fourth-order valence-corrected chi connectivity index (χ4v) is 1.36. The summed E-state index contributed by atoms with van der Waals surface area (Å²) in [6.45, 7) is -3.16. The molecule has 17 heavy (non-hydrogen) atoms. The molecule has 90 valence electrons. The van der Waals surface area contributed by atoms with E-state index < -0.39 is 23.9 Å². The molecule has 4 nitrogen and oxygen atoms in total. The third kappa shape index (κ3) is 2.82. The number of carbonyl (C=O) groups excluding carboxylic acids is 1. The molecule has 7 heteroatoms. The second-order valence-corrected chi connectivity index (χ2v) is 3.19. The number of ether oxygens (including phenoxy) is 2. The molecular weight excluding hydrogens is 256 g/mol. The van der Waals surface area contributed by atoms with Crippen molar-refractivity contribution in [1.29, 1.82) is 5.26 Å². The molecule has 1 rings (SSSR count). The van der Waals surface area contributed by atoms with E-state index in [0.29, 0.717) is 0 Å². The average Bonchev–Trinajstić information content (AvgIpc) is 2.30. The Hall–Kier alpha value is -1.87. The molecule has 0 aliphatic heterocycles. The number of nitriles is 1. The van der Waals surface area contributed by atoms with E-state index in [1.54, 1.807) is 6.07 Å². The Morgan fingerprint density at radius 2 is 2.18 bits per heavy atom. The quantitative estimate of drug-likeness (QED) is 0.785. The van der Waals surface area contributed by atoms with Crippen LogP contribution in [0.1, 0.15) is 15.9 Å². The lowest BCUT2D eigenvalue weighted by atomic mass is 10.1. The van der Waals surface area contributed by atoms with Crippen LogP contribution in [0.15, 0.2) is 12.1 Å². The molecular formula is C10H6ClF2NO3. The molecule has 0 aliphatic rings. The third-order valence-corrected chi connectivity index (χ3v) is 2.12. The Balaban J connectivity index is 3.43. The van der Waals surface area contributed by atoms with Crippen LogP contribution in [0.5, 0.6) is 5.75 Å². The van der Waals surface area contributed by atoms with Gasteiger partial charge in [-0.15, -0.1) is 0 Å². The highest BCUT2D eigenvalue weighted by atomic mass is 35.5. The maximum absolute atomic E-state index is 12.2. The smallest absolute Gasteiger partial charge is 0.387 e. The number of alkyl halides is 2. The van der Waals surface area contributed by atoms with Gasteiger partial charge in [-0.05, 0) is 12.1 Å². The van der Waals surface area contributed by atoms with Crippen molar-refractivity contribution in [2.45, 2.75) is 6.61 Å². The number of hydrogen-bond donors (Lipinski definition) is 0. The number of benzene rings is 1. The second-order valence-electron chi connectivity index (χ2n) is 2.78. The van der Waals surface area contributed by atoms with E-state index in [1.165, 1.54) is 12.1 Å². The zero-order chi connectivity index (χ0) is 13.0. The van der Waals surface area contributed by atoms with Crippen molar-refractivity contribution in [3.63, 3.8) is 0 Å². The fourth-order valence-electron chi connectivity index (χ4n) is 1.16. The van der Waals surface area contributed by atoms with Gasteiger partial charge in [0.05, 0.1) is 17.7 Å². The van der Waals surface area contributed by atoms with Gasteiger partial charge in [-0.2, -0.15) is 14.0 Å². The monoisotopic (exact) mass is 261 g/mol. The molecule has 1 aromatic rings. The first-order valence-electron chi connectivity index (χ1n) is 4.27. The van der Waals surface area contributed by atoms with Gasteiger partial charge in [0.1, 0.15) is 11.6 Å². The third-order valence-electron chi connectivity index (χ3n) is 1.83. The van der Waals surface area contributed by atoms with Crippen molar-refractivity contribution in [3.05, 3.63) is 28.3 Å². The number of esters is 1. The summed E-state index contributed by atoms with van der Waals surface area (Å²) in [5.41, 5.74) is -0.570. The minimum atomic E-state index is -3.16. The molecule has 0 heterocycles. The lowest BCUT2D eigenvalue weighted by Crippen LogP contribution is -2.11. The summed E-state index contributed by atoms with van der Waals surface area (Å²) < 4.78 is 32.8. The van der Waals surface area contributed by atoms with Crippen molar-refractivity contribution in [1.82, 2.24) is 0 Å². The Labute approximate surface area is 100 Å². The van der Waals surface area contributed by atoms with E-state index in [2.05, 4.69) is 9.47 Å². The summed E-state index contributed by atoms with van der Waals surface area (Å²) in [6, 6.07) is 4.07. The number of hydrogen-bond acceptors (Lipinski definition) is 4. The van der Waals surface area contributed by atoms with Gasteiger partial charge in [0.15, 0.2) is 5.75 Å². The highest BCUT2D eigenvalue weighted by Gasteiger charge is 2.23. The zero-order valence-corrected chi connectivity index (χ0v) is 9.29. The predicted octanol–water partition coefficient (Wildman–Crippen LogP) is 2.60. The molecule has 0 atom stereocenters. The van der Waals surface area contributed by atoms with Gasteiger partial charge in [-0.3, -0.25) is 0 Å². The zero-order valence-electron chi connectivity index (χ0n) is 8.54. The van der Waals surface area contributed by atoms with E-state index in [0.717, 1.165) is 7.11 Å². The van der Waals surface area contributed by atoms with Gasteiger partial charge in [-0.25, -0.2) is 4.79 Å². The second kappa shape index (κ2) is 5.46. The summed E-state index contributed by atoms with van der Waals surface area (Å²) in [6.07, 6.45) is 0. The Morgan fingerprint density at radius 1 is 1.53 bits per heavy atom. The van der Waals surface area contributed by atoms with Crippen LogP contribution in [0, 0.1) is 11.3 Å². The summed E-state index contributed by atoms with van der Waals surface area (Å²) >= 11 is 5.63. The van der Waals surface area contributed by atoms with Crippen LogP contribution in [0.3, 0.4) is 0 Å². The van der Waals surface area contributed by atoms with Crippen LogP contribution in [-0.4, -0.2) is 19.7 Å². The predicted molar refractivity (Wildman–Crippen MR) is 54.1 cm³/mol. The normalized spacial score (nSPS) is 9.88. The summed E-state index contributed by atoms with van der Waals surface area (Å²) in [5, 5.41) is 8.56. The summed E-state index contributed by atoms with van der Waals surface area (Å²) in [7, 11) is 1.05. The molecule has 0 N–H and O–H groups in total. The lowest BCUT2D eigenvalue weighted by Gasteiger charge is -2.11. The number of nitrogens with zero attached hydrogens (tertiary/aromatic N) is 1. The molecule has 0 amide bonds. The molecule has 0 radical (unpaired) electrons. The van der Waals surface area contributed by atoms with E-state index in [1.807, 2.05) is 0 Å². The molecule has 1 aromatic carbocycles. The SMILES string of the molecule is COC(=O)c1c(C#N)ccc(Cl)c1OC(F)F. The molecule has 0 spiro atoms. The van der Waals surface area contributed by atoms with Crippen molar-refractivity contribution >= 4 is 17.6 Å². The first kappa shape index (κ1) is 13.2. The molecule has 0 bridgehead atoms. The molecule has 0 saturated carbocycles. The van der Waals surface area contributed by atoms with Crippen LogP contribution in [-0.2, 0) is 4.74 Å². The molecule has 0 fully saturated rings. The van der Waals surface area contributed by atoms with Crippen molar-refractivity contribution < 1.29 is 23.0 Å². The average molecular weight is 262 g/mol. The number of halogens is 3. The van der Waals surface area contributed by atoms with Gasteiger partial charge in [0.2, 0.25) is 0 Å². The maximum atomic E-state index is 12.2. The van der Waals surface area contributed by atoms with Crippen LogP contribution >= 0.6 is 11.6 Å². The van der Waals surface area contributed by atoms with E-state index >= 15 is 0 Å². The van der Waals surface area contributed by atoms with E-state index in [9.17, 15) is 13.6 Å². The topological polar surface area (TPSA) is 59.3 Å². The molecule has 0 saturated heterocycles. The molecule has 0 aliphatic carbocycles. The van der Waals surface area contributed by atoms with Gasteiger partial charge >= 0.3 is 12.6 Å². The Bertz CT molecular complexity index is 485. The maximum Gasteiger partial charge on any atom is 0.387 e. The fraction of sp³-hybridized carbons (Fsp3) is 0.200. The van der Waals surface area contributed by atoms with Crippen molar-refractivity contribution in [2.24, 2.45) is 0 Å². The molecule has 0 unspecified atom stereocenters. The van der Waals surface area contributed by atoms with Crippen molar-refractivity contribution in [3.8, 4) is 11.8 Å². The van der Waals surface area contributed by atoms with Crippen molar-refractivity contribution in [2.75, 3.05) is 7.11 Å². The minimum Gasteiger partial charge on any atom is -0.465 e. The summed E-state index contributed by atoms with van der Waals surface area (Å²) in [4.78, 5) is 11.4. The first-order valence-corrected chi connectivity index (χ1v) is 4.64. The van der Waals surface area contributed by atoms with Crippen LogP contribution in [0.4, 0.5) is 8.78 Å². The standard InChI is InChI=1S/C10H6ClF2NO3/c1-16-9(15)7-5(4-14)2-3-6(11)8(7)17-10(12)13/h2-3,10H,1H3. The Kier molecular flexibility index (Phi) is 4.24. The Morgan fingerprint density at radius 3 is 2.65 bits per heavy atom.